The lowest BCUT2D eigenvalue weighted by atomic mass is 9.78. The molecular formula is C25H28ClN5O3S. The van der Waals surface area contributed by atoms with Gasteiger partial charge in [-0.25, -0.2) is 15.0 Å². The molecule has 0 saturated carbocycles. The van der Waals surface area contributed by atoms with Crippen LogP contribution in [0.1, 0.15) is 25.7 Å². The first-order valence-corrected chi connectivity index (χ1v) is 13.4. The van der Waals surface area contributed by atoms with E-state index in [2.05, 4.69) is 19.9 Å². The summed E-state index contributed by atoms with van der Waals surface area (Å²) in [5.41, 5.74) is 0.844. The van der Waals surface area contributed by atoms with Gasteiger partial charge in [-0.3, -0.25) is 9.36 Å². The summed E-state index contributed by atoms with van der Waals surface area (Å²) in [6.45, 7) is 5.76. The third-order valence-corrected chi connectivity index (χ3v) is 9.02. The van der Waals surface area contributed by atoms with Crippen molar-refractivity contribution < 1.29 is 9.47 Å². The van der Waals surface area contributed by atoms with Gasteiger partial charge in [0, 0.05) is 43.7 Å². The van der Waals surface area contributed by atoms with Crippen LogP contribution in [0.4, 0.5) is 5.82 Å². The van der Waals surface area contributed by atoms with Crippen molar-refractivity contribution in [3.63, 3.8) is 0 Å². The minimum atomic E-state index is -0.119. The maximum absolute atomic E-state index is 13.2. The zero-order valence-corrected chi connectivity index (χ0v) is 21.1. The van der Waals surface area contributed by atoms with Crippen molar-refractivity contribution in [2.24, 2.45) is 11.3 Å². The van der Waals surface area contributed by atoms with Crippen molar-refractivity contribution in [3.8, 4) is 0 Å². The van der Waals surface area contributed by atoms with Crippen molar-refractivity contribution >= 4 is 40.1 Å². The van der Waals surface area contributed by atoms with Gasteiger partial charge in [0.25, 0.3) is 5.56 Å². The van der Waals surface area contributed by atoms with E-state index in [0.717, 1.165) is 67.9 Å². The van der Waals surface area contributed by atoms with E-state index in [1.165, 1.54) is 18.2 Å². The largest absolute Gasteiger partial charge is 0.381 e. The van der Waals surface area contributed by atoms with Crippen LogP contribution in [0.3, 0.4) is 0 Å². The summed E-state index contributed by atoms with van der Waals surface area (Å²) in [5.74, 6) is 1.23. The Morgan fingerprint density at radius 1 is 1.09 bits per heavy atom. The maximum atomic E-state index is 13.2. The maximum Gasteiger partial charge on any atom is 0.262 e. The van der Waals surface area contributed by atoms with Crippen LogP contribution in [0, 0.1) is 11.3 Å². The predicted octanol–water partition coefficient (Wildman–Crippen LogP) is 4.03. The van der Waals surface area contributed by atoms with Crippen molar-refractivity contribution in [3.05, 3.63) is 46.2 Å². The quantitative estimate of drug-likeness (QED) is 0.505. The minimum absolute atomic E-state index is 0.119. The SMILES string of the molecule is O=c1c2c(Cl)c(Sc3cnc(N4CCC5(CCOC5)CC4)cn3)ccc2ncn1CC1CCOC1. The molecule has 3 aromatic rings. The zero-order valence-electron chi connectivity index (χ0n) is 19.5. The molecule has 1 atom stereocenters. The highest BCUT2D eigenvalue weighted by Crippen LogP contribution is 2.40. The standard InChI is InChI=1S/C25H28ClN5O3S/c26-23-19(2-1-18-22(23)24(32)31(16-29-18)13-17-3-9-33-14-17)35-21-12-27-20(11-28-21)30-7-4-25(5-8-30)6-10-34-15-25/h1-2,11-12,16-17H,3-10,13-15H2. The number of rotatable bonds is 5. The first kappa shape index (κ1) is 23.2. The van der Waals surface area contributed by atoms with Gasteiger partial charge >= 0.3 is 0 Å². The van der Waals surface area contributed by atoms with Gasteiger partial charge in [-0.2, -0.15) is 0 Å². The Balaban J connectivity index is 1.18. The Kier molecular flexibility index (Phi) is 6.43. The summed E-state index contributed by atoms with van der Waals surface area (Å²) in [5, 5.41) is 1.59. The van der Waals surface area contributed by atoms with E-state index in [0.29, 0.717) is 40.4 Å². The van der Waals surface area contributed by atoms with E-state index < -0.39 is 0 Å². The second kappa shape index (κ2) is 9.69. The second-order valence-corrected chi connectivity index (χ2v) is 11.2. The van der Waals surface area contributed by atoms with Crippen LogP contribution in [-0.4, -0.2) is 59.0 Å². The minimum Gasteiger partial charge on any atom is -0.381 e. The highest BCUT2D eigenvalue weighted by Gasteiger charge is 2.38. The average molecular weight is 514 g/mol. The highest BCUT2D eigenvalue weighted by atomic mass is 35.5. The number of hydrogen-bond donors (Lipinski definition) is 0. The summed E-state index contributed by atoms with van der Waals surface area (Å²) in [4.78, 5) is 30.0. The molecule has 0 radical (unpaired) electrons. The topological polar surface area (TPSA) is 82.4 Å². The number of halogens is 1. The average Bonchev–Trinajstić information content (AvgIpc) is 3.56. The number of benzene rings is 1. The van der Waals surface area contributed by atoms with Crippen LogP contribution >= 0.6 is 23.4 Å². The molecule has 184 valence electrons. The van der Waals surface area contributed by atoms with Crippen LogP contribution in [0.15, 0.2) is 45.6 Å². The molecule has 0 amide bonds. The summed E-state index contributed by atoms with van der Waals surface area (Å²) in [6.07, 6.45) is 9.62. The van der Waals surface area contributed by atoms with E-state index >= 15 is 0 Å². The van der Waals surface area contributed by atoms with Gasteiger partial charge in [0.2, 0.25) is 0 Å². The Hall–Kier alpha value is -2.20. The smallest absolute Gasteiger partial charge is 0.262 e. The Morgan fingerprint density at radius 2 is 1.97 bits per heavy atom. The lowest BCUT2D eigenvalue weighted by Gasteiger charge is -2.38. The molecule has 10 heteroatoms. The number of fused-ring (bicyclic) bond motifs is 1. The number of anilines is 1. The fourth-order valence-electron chi connectivity index (χ4n) is 5.29. The molecule has 6 rings (SSSR count). The molecule has 3 fully saturated rings. The number of hydrogen-bond acceptors (Lipinski definition) is 8. The van der Waals surface area contributed by atoms with Gasteiger partial charge in [0.1, 0.15) is 10.8 Å². The number of nitrogens with zero attached hydrogens (tertiary/aromatic N) is 5. The van der Waals surface area contributed by atoms with Crippen LogP contribution in [0.25, 0.3) is 10.9 Å². The molecule has 1 spiro atoms. The van der Waals surface area contributed by atoms with Crippen molar-refractivity contribution in [2.45, 2.75) is 42.1 Å². The van der Waals surface area contributed by atoms with Crippen LogP contribution in [-0.2, 0) is 16.0 Å². The fourth-order valence-corrected chi connectivity index (χ4v) is 6.41. The summed E-state index contributed by atoms with van der Waals surface area (Å²) in [7, 11) is 0. The number of ether oxygens (including phenoxy) is 2. The van der Waals surface area contributed by atoms with E-state index in [1.807, 2.05) is 18.3 Å². The summed E-state index contributed by atoms with van der Waals surface area (Å²) in [6, 6.07) is 3.73. The third-order valence-electron chi connectivity index (χ3n) is 7.54. The van der Waals surface area contributed by atoms with Crippen molar-refractivity contribution in [1.82, 2.24) is 19.5 Å². The molecule has 0 N–H and O–H groups in total. The van der Waals surface area contributed by atoms with Gasteiger partial charge in [0.05, 0.1) is 47.9 Å². The van der Waals surface area contributed by atoms with Crippen molar-refractivity contribution in [2.75, 3.05) is 44.4 Å². The Bertz CT molecular complexity index is 1260. The molecule has 8 nitrogen and oxygen atoms in total. The lowest BCUT2D eigenvalue weighted by Crippen LogP contribution is -2.40. The zero-order chi connectivity index (χ0) is 23.8. The van der Waals surface area contributed by atoms with E-state index in [4.69, 9.17) is 21.1 Å². The first-order chi connectivity index (χ1) is 17.1. The molecule has 5 heterocycles. The molecule has 2 aromatic heterocycles. The highest BCUT2D eigenvalue weighted by molar-refractivity contribution is 7.99. The molecule has 3 aliphatic rings. The molecule has 0 aliphatic carbocycles. The van der Waals surface area contributed by atoms with E-state index in [1.54, 1.807) is 17.1 Å². The molecule has 1 aromatic carbocycles. The molecule has 3 saturated heterocycles. The lowest BCUT2D eigenvalue weighted by molar-refractivity contribution is 0.133. The molecule has 35 heavy (non-hydrogen) atoms. The summed E-state index contributed by atoms with van der Waals surface area (Å²) < 4.78 is 12.7. The second-order valence-electron chi connectivity index (χ2n) is 9.81. The Labute approximate surface area is 213 Å². The van der Waals surface area contributed by atoms with Crippen LogP contribution in [0.5, 0.6) is 0 Å². The Morgan fingerprint density at radius 3 is 2.69 bits per heavy atom. The number of aromatic nitrogens is 4. The molecule has 1 unspecified atom stereocenters. The van der Waals surface area contributed by atoms with Gasteiger partial charge in [-0.05, 0) is 43.2 Å². The van der Waals surface area contributed by atoms with E-state index in [9.17, 15) is 4.79 Å². The van der Waals surface area contributed by atoms with Gasteiger partial charge in [-0.1, -0.05) is 23.4 Å². The monoisotopic (exact) mass is 513 g/mol. The van der Waals surface area contributed by atoms with Crippen LogP contribution < -0.4 is 10.5 Å². The van der Waals surface area contributed by atoms with Gasteiger partial charge in [-0.15, -0.1) is 0 Å². The van der Waals surface area contributed by atoms with E-state index in [-0.39, 0.29) is 5.56 Å². The normalized spacial score (nSPS) is 21.9. The molecular weight excluding hydrogens is 486 g/mol. The van der Waals surface area contributed by atoms with Gasteiger partial charge < -0.3 is 14.4 Å². The van der Waals surface area contributed by atoms with Crippen LogP contribution in [0.2, 0.25) is 5.02 Å². The number of piperidine rings is 1. The fraction of sp³-hybridized carbons (Fsp3) is 0.520. The molecule has 3 aliphatic heterocycles. The third kappa shape index (κ3) is 4.67. The molecule has 0 bridgehead atoms. The summed E-state index contributed by atoms with van der Waals surface area (Å²) >= 11 is 8.14. The van der Waals surface area contributed by atoms with Gasteiger partial charge in [0.15, 0.2) is 0 Å². The predicted molar refractivity (Wildman–Crippen MR) is 135 cm³/mol. The first-order valence-electron chi connectivity index (χ1n) is 12.2. The van der Waals surface area contributed by atoms with Crippen molar-refractivity contribution in [1.29, 1.82) is 0 Å².